The zero-order chi connectivity index (χ0) is 15.9. The van der Waals surface area contributed by atoms with Crippen LogP contribution in [-0.4, -0.2) is 37.5 Å². The molecule has 4 nitrogen and oxygen atoms in total. The Labute approximate surface area is 122 Å². The van der Waals surface area contributed by atoms with Crippen molar-refractivity contribution in [3.8, 4) is 0 Å². The van der Waals surface area contributed by atoms with Gasteiger partial charge in [-0.15, -0.1) is 0 Å². The lowest BCUT2D eigenvalue weighted by atomic mass is 10.1. The number of hydrogen-bond donors (Lipinski definition) is 2. The number of nitrogens with zero attached hydrogens (tertiary/aromatic N) is 1. The van der Waals surface area contributed by atoms with Crippen molar-refractivity contribution in [1.82, 2.24) is 4.90 Å². The summed E-state index contributed by atoms with van der Waals surface area (Å²) in [7, 11) is 1.56. The minimum Gasteiger partial charge on any atom is -0.388 e. The molecular formula is C14H20F3N3O. The van der Waals surface area contributed by atoms with E-state index in [1.54, 1.807) is 13.2 Å². The molecule has 0 aliphatic rings. The van der Waals surface area contributed by atoms with Gasteiger partial charge in [-0.3, -0.25) is 10.3 Å². The number of amidine groups is 1. The van der Waals surface area contributed by atoms with E-state index in [2.05, 4.69) is 0 Å². The smallest absolute Gasteiger partial charge is 0.388 e. The minimum absolute atomic E-state index is 0.0569. The maximum atomic E-state index is 12.7. The third-order valence-corrected chi connectivity index (χ3v) is 2.97. The number of ether oxygens (including phenoxy) is 1. The standard InChI is InChI=1S/C14H20F3N3O/c1-21-8-7-20(6-5-13(18)19)10-11-3-2-4-12(9-11)14(15,16)17/h2-4,9H,5-8,10H2,1H3,(H3,18,19). The molecule has 0 saturated carbocycles. The van der Waals surface area contributed by atoms with Gasteiger partial charge < -0.3 is 10.5 Å². The molecule has 0 aromatic heterocycles. The number of nitrogens with one attached hydrogen (secondary N) is 1. The van der Waals surface area contributed by atoms with Crippen molar-refractivity contribution >= 4 is 5.84 Å². The first-order valence-electron chi connectivity index (χ1n) is 6.53. The molecule has 0 aliphatic heterocycles. The molecule has 0 bridgehead atoms. The molecule has 0 spiro atoms. The van der Waals surface area contributed by atoms with Crippen molar-refractivity contribution < 1.29 is 17.9 Å². The van der Waals surface area contributed by atoms with Crippen molar-refractivity contribution in [3.63, 3.8) is 0 Å². The van der Waals surface area contributed by atoms with Crippen LogP contribution >= 0.6 is 0 Å². The van der Waals surface area contributed by atoms with Gasteiger partial charge in [-0.1, -0.05) is 18.2 Å². The van der Waals surface area contributed by atoms with Crippen LogP contribution in [0.2, 0.25) is 0 Å². The Morgan fingerprint density at radius 1 is 1.33 bits per heavy atom. The summed E-state index contributed by atoms with van der Waals surface area (Å²) in [5.41, 5.74) is 5.24. The first-order valence-corrected chi connectivity index (χ1v) is 6.53. The Morgan fingerprint density at radius 2 is 2.05 bits per heavy atom. The normalized spacial score (nSPS) is 11.9. The van der Waals surface area contributed by atoms with Gasteiger partial charge in [-0.05, 0) is 11.6 Å². The van der Waals surface area contributed by atoms with E-state index in [0.717, 1.165) is 12.1 Å². The molecule has 0 atom stereocenters. The number of nitrogens with two attached hydrogens (primary N) is 1. The number of methoxy groups -OCH3 is 1. The average Bonchev–Trinajstić information content (AvgIpc) is 2.41. The van der Waals surface area contributed by atoms with E-state index >= 15 is 0 Å². The number of hydrogen-bond acceptors (Lipinski definition) is 3. The summed E-state index contributed by atoms with van der Waals surface area (Å²) < 4.78 is 43.0. The van der Waals surface area contributed by atoms with Crippen LogP contribution in [-0.2, 0) is 17.5 Å². The van der Waals surface area contributed by atoms with Crippen molar-refractivity contribution in [1.29, 1.82) is 5.41 Å². The molecule has 1 aromatic rings. The van der Waals surface area contributed by atoms with Crippen LogP contribution < -0.4 is 5.73 Å². The van der Waals surface area contributed by atoms with Gasteiger partial charge in [0.1, 0.15) is 0 Å². The molecule has 0 fully saturated rings. The second kappa shape index (κ2) is 7.99. The van der Waals surface area contributed by atoms with E-state index in [-0.39, 0.29) is 5.84 Å². The number of rotatable bonds is 8. The zero-order valence-corrected chi connectivity index (χ0v) is 11.9. The maximum Gasteiger partial charge on any atom is 0.416 e. The molecule has 0 saturated heterocycles. The quantitative estimate of drug-likeness (QED) is 0.573. The number of halogens is 3. The summed E-state index contributed by atoms with van der Waals surface area (Å²) >= 11 is 0. The van der Waals surface area contributed by atoms with E-state index in [4.69, 9.17) is 15.9 Å². The highest BCUT2D eigenvalue weighted by Gasteiger charge is 2.30. The second-order valence-corrected chi connectivity index (χ2v) is 4.74. The van der Waals surface area contributed by atoms with E-state index < -0.39 is 11.7 Å². The van der Waals surface area contributed by atoms with Gasteiger partial charge >= 0.3 is 6.18 Å². The molecule has 21 heavy (non-hydrogen) atoms. The number of alkyl halides is 3. The van der Waals surface area contributed by atoms with Crippen molar-refractivity contribution in [2.75, 3.05) is 26.8 Å². The Hall–Kier alpha value is -1.60. The van der Waals surface area contributed by atoms with E-state index in [1.807, 2.05) is 4.90 Å². The molecule has 0 aliphatic carbocycles. The van der Waals surface area contributed by atoms with Gasteiger partial charge in [0.2, 0.25) is 0 Å². The fraction of sp³-hybridized carbons (Fsp3) is 0.500. The molecule has 1 rings (SSSR count). The monoisotopic (exact) mass is 303 g/mol. The van der Waals surface area contributed by atoms with Gasteiger partial charge in [0.15, 0.2) is 0 Å². The molecule has 0 radical (unpaired) electrons. The Bertz CT molecular complexity index is 463. The predicted octanol–water partition coefficient (Wildman–Crippen LogP) is 2.48. The Morgan fingerprint density at radius 3 is 2.62 bits per heavy atom. The molecule has 0 heterocycles. The number of benzene rings is 1. The molecule has 0 unspecified atom stereocenters. The lowest BCUT2D eigenvalue weighted by molar-refractivity contribution is -0.137. The van der Waals surface area contributed by atoms with Crippen molar-refractivity contribution in [2.45, 2.75) is 19.1 Å². The SMILES string of the molecule is COCCN(CCC(=N)N)Cc1cccc(C(F)(F)F)c1. The Kier molecular flexibility index (Phi) is 6.64. The minimum atomic E-state index is -4.34. The lowest BCUT2D eigenvalue weighted by Gasteiger charge is -2.22. The summed E-state index contributed by atoms with van der Waals surface area (Å²) in [5.74, 6) is 0.0569. The predicted molar refractivity (Wildman–Crippen MR) is 75.1 cm³/mol. The highest BCUT2D eigenvalue weighted by molar-refractivity contribution is 5.76. The molecular weight excluding hydrogens is 283 g/mol. The molecule has 7 heteroatoms. The average molecular weight is 303 g/mol. The summed E-state index contributed by atoms with van der Waals surface area (Å²) in [5, 5.41) is 7.23. The summed E-state index contributed by atoms with van der Waals surface area (Å²) in [4.78, 5) is 1.92. The van der Waals surface area contributed by atoms with E-state index in [1.165, 1.54) is 6.07 Å². The molecule has 1 aromatic carbocycles. The first kappa shape index (κ1) is 17.5. The maximum absolute atomic E-state index is 12.7. The van der Waals surface area contributed by atoms with Crippen LogP contribution in [0, 0.1) is 5.41 Å². The van der Waals surface area contributed by atoms with Crippen LogP contribution in [0.25, 0.3) is 0 Å². The third kappa shape index (κ3) is 6.59. The van der Waals surface area contributed by atoms with Gasteiger partial charge in [0.25, 0.3) is 0 Å². The van der Waals surface area contributed by atoms with Crippen LogP contribution in [0.5, 0.6) is 0 Å². The first-order chi connectivity index (χ1) is 9.82. The van der Waals surface area contributed by atoms with Gasteiger partial charge in [0.05, 0.1) is 18.0 Å². The third-order valence-electron chi connectivity index (χ3n) is 2.97. The van der Waals surface area contributed by atoms with Crippen molar-refractivity contribution in [3.05, 3.63) is 35.4 Å². The van der Waals surface area contributed by atoms with Gasteiger partial charge in [-0.2, -0.15) is 13.2 Å². The fourth-order valence-corrected chi connectivity index (χ4v) is 1.87. The summed E-state index contributed by atoms with van der Waals surface area (Å²) in [6.45, 7) is 1.91. The highest BCUT2D eigenvalue weighted by Crippen LogP contribution is 2.29. The largest absolute Gasteiger partial charge is 0.416 e. The zero-order valence-electron chi connectivity index (χ0n) is 11.9. The molecule has 0 amide bonds. The van der Waals surface area contributed by atoms with Crippen LogP contribution in [0.3, 0.4) is 0 Å². The van der Waals surface area contributed by atoms with E-state index in [0.29, 0.717) is 38.2 Å². The van der Waals surface area contributed by atoms with Crippen LogP contribution in [0.4, 0.5) is 13.2 Å². The van der Waals surface area contributed by atoms with Crippen LogP contribution in [0.1, 0.15) is 17.5 Å². The topological polar surface area (TPSA) is 62.3 Å². The van der Waals surface area contributed by atoms with Gasteiger partial charge in [0, 0.05) is 33.2 Å². The summed E-state index contributed by atoms with van der Waals surface area (Å²) in [6, 6.07) is 5.26. The summed E-state index contributed by atoms with van der Waals surface area (Å²) in [6.07, 6.45) is -3.96. The van der Waals surface area contributed by atoms with Crippen molar-refractivity contribution in [2.24, 2.45) is 5.73 Å². The van der Waals surface area contributed by atoms with E-state index in [9.17, 15) is 13.2 Å². The van der Waals surface area contributed by atoms with Gasteiger partial charge in [-0.25, -0.2) is 0 Å². The molecule has 118 valence electrons. The fourth-order valence-electron chi connectivity index (χ4n) is 1.87. The highest BCUT2D eigenvalue weighted by atomic mass is 19.4. The Balaban J connectivity index is 2.74. The van der Waals surface area contributed by atoms with Crippen LogP contribution in [0.15, 0.2) is 24.3 Å². The second-order valence-electron chi connectivity index (χ2n) is 4.74. The molecule has 3 N–H and O–H groups in total. The lowest BCUT2D eigenvalue weighted by Crippen LogP contribution is -2.30.